The number of aliphatic hydroxyl groups excluding tert-OH is 1. The first-order valence-electron chi connectivity index (χ1n) is 2.98. The van der Waals surface area contributed by atoms with Gasteiger partial charge in [-0.25, -0.2) is 4.79 Å². The van der Waals surface area contributed by atoms with Crippen LogP contribution in [0.2, 0.25) is 0 Å². The Hall–Kier alpha value is -0.810. The van der Waals surface area contributed by atoms with Gasteiger partial charge in [0.2, 0.25) is 5.76 Å². The minimum atomic E-state index is -1.32. The molecule has 0 aliphatic carbocycles. The summed E-state index contributed by atoms with van der Waals surface area (Å²) in [5, 5.41) is 19.0. The maximum Gasteiger partial charge on any atom is 0.370 e. The first-order valence-corrected chi connectivity index (χ1v) is 4.65. The third kappa shape index (κ3) is 2.09. The van der Waals surface area contributed by atoms with Crippen LogP contribution in [0.5, 0.6) is 0 Å². The average Bonchev–Trinajstić information content (AvgIpc) is 2.36. The Morgan fingerprint density at radius 2 is 2.25 bits per heavy atom. The van der Waals surface area contributed by atoms with Crippen LogP contribution < -0.4 is 0 Å². The first kappa shape index (κ1) is 9.28. The van der Waals surface area contributed by atoms with Crippen LogP contribution in [0, 0.1) is 0 Å². The van der Waals surface area contributed by atoms with Gasteiger partial charge in [-0.2, -0.15) is 0 Å². The topological polar surface area (TPSA) is 57.5 Å². The van der Waals surface area contributed by atoms with Crippen molar-refractivity contribution < 1.29 is 15.0 Å². The molecule has 12 heavy (non-hydrogen) atoms. The summed E-state index contributed by atoms with van der Waals surface area (Å²) in [4.78, 5) is 10.9. The maximum atomic E-state index is 10.2. The van der Waals surface area contributed by atoms with Gasteiger partial charge in [-0.15, -0.1) is 11.3 Å². The highest BCUT2D eigenvalue weighted by Crippen LogP contribution is 2.24. The molecule has 0 fully saturated rings. The molecule has 0 unspecified atom stereocenters. The van der Waals surface area contributed by atoms with Crippen molar-refractivity contribution in [2.24, 2.45) is 0 Å². The summed E-state index contributed by atoms with van der Waals surface area (Å²) in [7, 11) is 0. The summed E-state index contributed by atoms with van der Waals surface area (Å²) < 4.78 is 0.778. The zero-order chi connectivity index (χ0) is 9.14. The number of hydrogen-bond donors (Lipinski definition) is 2. The molecule has 5 heteroatoms. The third-order valence-electron chi connectivity index (χ3n) is 1.13. The fourth-order valence-electron chi connectivity index (χ4n) is 0.594. The van der Waals surface area contributed by atoms with Gasteiger partial charge in [0.15, 0.2) is 0 Å². The van der Waals surface area contributed by atoms with Crippen LogP contribution >= 0.6 is 27.3 Å². The first-order chi connectivity index (χ1) is 5.61. The molecule has 0 amide bonds. The van der Waals surface area contributed by atoms with Crippen LogP contribution in [0.15, 0.2) is 21.7 Å². The predicted molar refractivity (Wildman–Crippen MR) is 50.3 cm³/mol. The molecule has 0 saturated carbocycles. The van der Waals surface area contributed by atoms with E-state index in [1.54, 1.807) is 11.4 Å². The quantitative estimate of drug-likeness (QED) is 0.625. The molecule has 0 aliphatic rings. The van der Waals surface area contributed by atoms with E-state index in [-0.39, 0.29) is 0 Å². The van der Waals surface area contributed by atoms with Gasteiger partial charge >= 0.3 is 5.97 Å². The van der Waals surface area contributed by atoms with Crippen LogP contribution in [0.3, 0.4) is 0 Å². The van der Waals surface area contributed by atoms with Gasteiger partial charge in [-0.3, -0.25) is 0 Å². The number of halogens is 1. The van der Waals surface area contributed by atoms with E-state index in [1.807, 2.05) is 0 Å². The number of carboxylic acids is 1. The molecule has 1 rings (SSSR count). The van der Waals surface area contributed by atoms with Crippen molar-refractivity contribution in [3.05, 3.63) is 26.6 Å². The average molecular weight is 249 g/mol. The van der Waals surface area contributed by atoms with Crippen LogP contribution in [0.25, 0.3) is 6.08 Å². The lowest BCUT2D eigenvalue weighted by atomic mass is 10.4. The molecule has 0 spiro atoms. The summed E-state index contributed by atoms with van der Waals surface area (Å²) in [6.07, 6.45) is 1.21. The minimum absolute atomic E-state index is 0.654. The zero-order valence-electron chi connectivity index (χ0n) is 5.82. The number of carboxylic acid groups (broad SMARTS) is 1. The normalized spacial score (nSPS) is 11.6. The van der Waals surface area contributed by atoms with Crippen molar-refractivity contribution >= 4 is 39.3 Å². The molecule has 1 aromatic rings. The largest absolute Gasteiger partial charge is 0.502 e. The number of aliphatic hydroxyl groups is 1. The van der Waals surface area contributed by atoms with Gasteiger partial charge < -0.3 is 10.2 Å². The van der Waals surface area contributed by atoms with Gasteiger partial charge in [0.05, 0.1) is 0 Å². The van der Waals surface area contributed by atoms with Gasteiger partial charge in [0.25, 0.3) is 0 Å². The van der Waals surface area contributed by atoms with E-state index in [0.29, 0.717) is 4.88 Å². The number of hydrogen-bond acceptors (Lipinski definition) is 3. The Labute approximate surface area is 81.1 Å². The zero-order valence-corrected chi connectivity index (χ0v) is 8.22. The number of rotatable bonds is 2. The molecule has 0 radical (unpaired) electrons. The van der Waals surface area contributed by atoms with E-state index < -0.39 is 11.7 Å². The Bertz CT molecular complexity index is 329. The predicted octanol–water partition coefficient (Wildman–Crippen LogP) is 2.49. The third-order valence-corrected chi connectivity index (χ3v) is 2.95. The SMILES string of the molecule is O=C(O)/C(O)=C/c1sccc1Br. The monoisotopic (exact) mass is 248 g/mol. The Kier molecular flexibility index (Phi) is 2.88. The van der Waals surface area contributed by atoms with Gasteiger partial charge in [-0.1, -0.05) is 0 Å². The van der Waals surface area contributed by atoms with Crippen LogP contribution in [-0.4, -0.2) is 16.2 Å². The standard InChI is InChI=1S/C7H5BrO3S/c8-4-1-2-12-6(4)3-5(9)7(10)11/h1-3,9H,(H,10,11)/b5-3-. The molecular formula is C7H5BrO3S. The highest BCUT2D eigenvalue weighted by Gasteiger charge is 2.05. The van der Waals surface area contributed by atoms with Crippen LogP contribution in [-0.2, 0) is 4.79 Å². The maximum absolute atomic E-state index is 10.2. The van der Waals surface area contributed by atoms with Gasteiger partial charge in [0.1, 0.15) is 0 Å². The summed E-state index contributed by atoms with van der Waals surface area (Å²) in [5.41, 5.74) is 0. The van der Waals surface area contributed by atoms with Crippen molar-refractivity contribution in [2.75, 3.05) is 0 Å². The lowest BCUT2D eigenvalue weighted by molar-refractivity contribution is -0.135. The molecule has 1 heterocycles. The summed E-state index contributed by atoms with van der Waals surface area (Å²) in [6.45, 7) is 0. The summed E-state index contributed by atoms with van der Waals surface area (Å²) >= 11 is 4.55. The second-order valence-corrected chi connectivity index (χ2v) is 3.77. The molecule has 2 N–H and O–H groups in total. The molecule has 0 aliphatic heterocycles. The molecule has 0 atom stereocenters. The molecule has 0 bridgehead atoms. The van der Waals surface area contributed by atoms with E-state index >= 15 is 0 Å². The van der Waals surface area contributed by atoms with E-state index in [1.165, 1.54) is 17.4 Å². The Balaban J connectivity index is 2.95. The van der Waals surface area contributed by atoms with Crippen molar-refractivity contribution in [3.8, 4) is 0 Å². The minimum Gasteiger partial charge on any atom is -0.502 e. The fourth-order valence-corrected chi connectivity index (χ4v) is 2.01. The molecular weight excluding hydrogens is 244 g/mol. The highest BCUT2D eigenvalue weighted by molar-refractivity contribution is 9.10. The summed E-state index contributed by atoms with van der Waals surface area (Å²) in [5.74, 6) is -1.98. The molecule has 64 valence electrons. The lowest BCUT2D eigenvalue weighted by Crippen LogP contribution is -1.97. The second kappa shape index (κ2) is 3.73. The van der Waals surface area contributed by atoms with Crippen molar-refractivity contribution in [3.63, 3.8) is 0 Å². The number of thiophene rings is 1. The molecule has 3 nitrogen and oxygen atoms in total. The second-order valence-electron chi connectivity index (χ2n) is 1.97. The Morgan fingerprint density at radius 1 is 1.58 bits per heavy atom. The van der Waals surface area contributed by atoms with Crippen molar-refractivity contribution in [1.82, 2.24) is 0 Å². The Morgan fingerprint density at radius 3 is 2.67 bits per heavy atom. The van der Waals surface area contributed by atoms with Gasteiger partial charge in [0, 0.05) is 15.4 Å². The van der Waals surface area contributed by atoms with Gasteiger partial charge in [-0.05, 0) is 27.4 Å². The van der Waals surface area contributed by atoms with E-state index in [4.69, 9.17) is 10.2 Å². The van der Waals surface area contributed by atoms with E-state index in [0.717, 1.165) is 4.47 Å². The molecule has 0 aromatic carbocycles. The number of carbonyl (C=O) groups is 1. The molecule has 1 aromatic heterocycles. The lowest BCUT2D eigenvalue weighted by Gasteiger charge is -1.90. The highest BCUT2D eigenvalue weighted by atomic mass is 79.9. The smallest absolute Gasteiger partial charge is 0.370 e. The van der Waals surface area contributed by atoms with Crippen LogP contribution in [0.1, 0.15) is 4.88 Å². The molecule has 0 saturated heterocycles. The van der Waals surface area contributed by atoms with E-state index in [2.05, 4.69) is 15.9 Å². The van der Waals surface area contributed by atoms with Crippen LogP contribution in [0.4, 0.5) is 0 Å². The van der Waals surface area contributed by atoms with Crippen molar-refractivity contribution in [1.29, 1.82) is 0 Å². The summed E-state index contributed by atoms with van der Waals surface area (Å²) in [6, 6.07) is 1.78. The number of aliphatic carboxylic acids is 1. The van der Waals surface area contributed by atoms with Crippen molar-refractivity contribution in [2.45, 2.75) is 0 Å². The fraction of sp³-hybridized carbons (Fsp3) is 0. The van der Waals surface area contributed by atoms with E-state index in [9.17, 15) is 4.79 Å².